The first kappa shape index (κ1) is 12.1. The predicted molar refractivity (Wildman–Crippen MR) is 63.9 cm³/mol. The molecule has 1 aliphatic rings. The summed E-state index contributed by atoms with van der Waals surface area (Å²) in [5, 5.41) is 20.5. The van der Waals surface area contributed by atoms with E-state index in [-0.39, 0.29) is 30.7 Å². The summed E-state index contributed by atoms with van der Waals surface area (Å²) >= 11 is 0. The monoisotopic (exact) mass is 248 g/mol. The van der Waals surface area contributed by atoms with Crippen LogP contribution in [0.15, 0.2) is 40.5 Å². The van der Waals surface area contributed by atoms with Crippen molar-refractivity contribution in [1.82, 2.24) is 10.4 Å². The molecule has 18 heavy (non-hydrogen) atoms. The van der Waals surface area contributed by atoms with Crippen LogP contribution in [0, 0.1) is 0 Å². The van der Waals surface area contributed by atoms with Gasteiger partial charge in [-0.2, -0.15) is 0 Å². The highest BCUT2D eigenvalue weighted by Crippen LogP contribution is 2.08. The molecule has 0 aromatic heterocycles. The first-order valence-electron chi connectivity index (χ1n) is 5.27. The standard InChI is InChI=1S/C11H12N4O3/c16-11(8-4-2-1-3-5-8)15-6-9(13-17)12-10(7-15)14-18/h1-5,17-18H,6-7H2,(H,12,13,14). The molecule has 1 heterocycles. The third kappa shape index (κ3) is 2.46. The maximum Gasteiger partial charge on any atom is 0.254 e. The quantitative estimate of drug-likeness (QED) is 0.492. The van der Waals surface area contributed by atoms with E-state index in [1.165, 1.54) is 4.90 Å². The number of amides is 1. The molecule has 1 aromatic rings. The molecule has 3 N–H and O–H groups in total. The van der Waals surface area contributed by atoms with Gasteiger partial charge in [0.1, 0.15) is 5.84 Å². The summed E-state index contributed by atoms with van der Waals surface area (Å²) < 4.78 is 0. The molecular formula is C11H12N4O3. The lowest BCUT2D eigenvalue weighted by atomic mass is 10.2. The molecule has 0 atom stereocenters. The van der Waals surface area contributed by atoms with Gasteiger partial charge in [-0.25, -0.2) is 4.99 Å². The lowest BCUT2D eigenvalue weighted by Gasteiger charge is -2.26. The third-order valence-corrected chi connectivity index (χ3v) is 2.49. The molecule has 0 aliphatic carbocycles. The smallest absolute Gasteiger partial charge is 0.254 e. The van der Waals surface area contributed by atoms with E-state index in [0.717, 1.165) is 0 Å². The summed E-state index contributed by atoms with van der Waals surface area (Å²) in [7, 11) is 0. The van der Waals surface area contributed by atoms with Gasteiger partial charge in [-0.15, -0.1) is 0 Å². The average Bonchev–Trinajstić information content (AvgIpc) is 2.46. The Morgan fingerprint density at radius 3 is 2.67 bits per heavy atom. The Bertz CT molecular complexity index is 498. The number of oxime groups is 1. The second kappa shape index (κ2) is 5.28. The molecule has 0 saturated heterocycles. The van der Waals surface area contributed by atoms with Gasteiger partial charge < -0.3 is 10.1 Å². The first-order chi connectivity index (χ1) is 8.74. The lowest BCUT2D eigenvalue weighted by Crippen LogP contribution is -2.46. The number of nitrogens with zero attached hydrogens (tertiary/aromatic N) is 3. The summed E-state index contributed by atoms with van der Waals surface area (Å²) in [5.74, 6) is -0.0141. The van der Waals surface area contributed by atoms with E-state index in [4.69, 9.17) is 10.4 Å². The molecule has 1 amide bonds. The molecule has 1 aliphatic heterocycles. The van der Waals surface area contributed by atoms with Gasteiger partial charge in [-0.1, -0.05) is 23.4 Å². The van der Waals surface area contributed by atoms with Crippen molar-refractivity contribution in [3.8, 4) is 0 Å². The van der Waals surface area contributed by atoms with E-state index in [9.17, 15) is 4.79 Å². The lowest BCUT2D eigenvalue weighted by molar-refractivity contribution is 0.0792. The minimum Gasteiger partial charge on any atom is -0.409 e. The van der Waals surface area contributed by atoms with Gasteiger partial charge in [-0.05, 0) is 12.1 Å². The predicted octanol–water partition coefficient (Wildman–Crippen LogP) is 0.307. The number of hydrogen-bond donors (Lipinski definition) is 3. The normalized spacial score (nSPS) is 17.5. The van der Waals surface area contributed by atoms with Crippen LogP contribution in [0.25, 0.3) is 0 Å². The Morgan fingerprint density at radius 1 is 1.33 bits per heavy atom. The molecule has 94 valence electrons. The molecule has 0 saturated carbocycles. The van der Waals surface area contributed by atoms with Crippen LogP contribution in [0.3, 0.4) is 0 Å². The Labute approximate surface area is 103 Å². The maximum absolute atomic E-state index is 12.1. The van der Waals surface area contributed by atoms with E-state index in [1.54, 1.807) is 24.3 Å². The van der Waals surface area contributed by atoms with Gasteiger partial charge in [0.2, 0.25) is 0 Å². The van der Waals surface area contributed by atoms with Gasteiger partial charge >= 0.3 is 0 Å². The summed E-state index contributed by atoms with van der Waals surface area (Å²) in [4.78, 5) is 17.4. The van der Waals surface area contributed by atoms with Crippen LogP contribution in [0.4, 0.5) is 0 Å². The second-order valence-electron chi connectivity index (χ2n) is 3.71. The topological polar surface area (TPSA) is 97.5 Å². The zero-order valence-electron chi connectivity index (χ0n) is 9.45. The van der Waals surface area contributed by atoms with Crippen LogP contribution < -0.4 is 5.48 Å². The highest BCUT2D eigenvalue weighted by atomic mass is 16.5. The van der Waals surface area contributed by atoms with Gasteiger partial charge in [0, 0.05) is 5.56 Å². The minimum absolute atomic E-state index is 0.0575. The van der Waals surface area contributed by atoms with Crippen LogP contribution in [0.1, 0.15) is 10.4 Å². The van der Waals surface area contributed by atoms with Crippen molar-refractivity contribution in [2.24, 2.45) is 10.1 Å². The molecule has 7 heteroatoms. The Morgan fingerprint density at radius 2 is 2.06 bits per heavy atom. The Kier molecular flexibility index (Phi) is 3.54. The van der Waals surface area contributed by atoms with Crippen LogP contribution >= 0.6 is 0 Å². The molecular weight excluding hydrogens is 236 g/mol. The number of benzene rings is 1. The number of amidine groups is 2. The molecule has 1 aromatic carbocycles. The number of rotatable bonds is 1. The van der Waals surface area contributed by atoms with Crippen LogP contribution in [-0.4, -0.2) is 46.0 Å². The summed E-state index contributed by atoms with van der Waals surface area (Å²) in [6, 6.07) is 8.72. The molecule has 7 nitrogen and oxygen atoms in total. The highest BCUT2D eigenvalue weighted by molar-refractivity contribution is 6.06. The van der Waals surface area contributed by atoms with Gasteiger partial charge in [0.05, 0.1) is 13.1 Å². The Hall–Kier alpha value is -2.41. The number of carbonyl (C=O) groups excluding carboxylic acids is 1. The van der Waals surface area contributed by atoms with Crippen LogP contribution in [0.5, 0.6) is 0 Å². The van der Waals surface area contributed by atoms with Crippen molar-refractivity contribution in [2.45, 2.75) is 0 Å². The third-order valence-electron chi connectivity index (χ3n) is 2.49. The fourth-order valence-electron chi connectivity index (χ4n) is 1.66. The van der Waals surface area contributed by atoms with E-state index >= 15 is 0 Å². The maximum atomic E-state index is 12.1. The number of carbonyl (C=O) groups is 1. The molecule has 0 spiro atoms. The van der Waals surface area contributed by atoms with E-state index in [1.807, 2.05) is 11.5 Å². The molecule has 2 rings (SSSR count). The summed E-state index contributed by atoms with van der Waals surface area (Å²) in [6.45, 7) is 0.221. The Balaban J connectivity index is 2.20. The fraction of sp³-hybridized carbons (Fsp3) is 0.182. The average molecular weight is 248 g/mol. The number of aliphatic imine (C=N–C) groups is 1. The zero-order valence-corrected chi connectivity index (χ0v) is 9.45. The molecule has 0 unspecified atom stereocenters. The van der Waals surface area contributed by atoms with Gasteiger partial charge in [-0.3, -0.25) is 15.5 Å². The van der Waals surface area contributed by atoms with Crippen molar-refractivity contribution in [2.75, 3.05) is 13.1 Å². The number of hydrogen-bond acceptors (Lipinski definition) is 5. The van der Waals surface area contributed by atoms with E-state index < -0.39 is 0 Å². The molecule has 0 fully saturated rings. The zero-order chi connectivity index (χ0) is 13.0. The van der Waals surface area contributed by atoms with E-state index in [0.29, 0.717) is 5.56 Å². The van der Waals surface area contributed by atoms with Crippen molar-refractivity contribution in [1.29, 1.82) is 0 Å². The summed E-state index contributed by atoms with van der Waals surface area (Å²) in [6.07, 6.45) is 0. The van der Waals surface area contributed by atoms with Crippen molar-refractivity contribution < 1.29 is 15.2 Å². The minimum atomic E-state index is -0.223. The van der Waals surface area contributed by atoms with Crippen molar-refractivity contribution >= 4 is 17.6 Å². The largest absolute Gasteiger partial charge is 0.409 e. The van der Waals surface area contributed by atoms with Gasteiger partial charge in [0.25, 0.3) is 5.91 Å². The van der Waals surface area contributed by atoms with Crippen molar-refractivity contribution in [3.63, 3.8) is 0 Å². The van der Waals surface area contributed by atoms with Crippen LogP contribution in [0.2, 0.25) is 0 Å². The van der Waals surface area contributed by atoms with Crippen molar-refractivity contribution in [3.05, 3.63) is 35.9 Å². The SMILES string of the molecule is O=C(c1ccccc1)N1CC(NO)=N/C(=N\O)C1. The molecule has 0 radical (unpaired) electrons. The molecule has 0 bridgehead atoms. The highest BCUT2D eigenvalue weighted by Gasteiger charge is 2.23. The van der Waals surface area contributed by atoms with E-state index in [2.05, 4.69) is 10.1 Å². The summed E-state index contributed by atoms with van der Waals surface area (Å²) in [5.41, 5.74) is 2.39. The van der Waals surface area contributed by atoms with Crippen LogP contribution in [-0.2, 0) is 0 Å². The fourth-order valence-corrected chi connectivity index (χ4v) is 1.66. The second-order valence-corrected chi connectivity index (χ2v) is 3.71. The number of hydroxylamine groups is 1. The first-order valence-corrected chi connectivity index (χ1v) is 5.27. The van der Waals surface area contributed by atoms with Gasteiger partial charge in [0.15, 0.2) is 5.84 Å². The number of nitrogens with one attached hydrogen (secondary N) is 1.